The highest BCUT2D eigenvalue weighted by Crippen LogP contribution is 2.53. The Morgan fingerprint density at radius 3 is 2.56 bits per heavy atom. The van der Waals surface area contributed by atoms with Crippen molar-refractivity contribution in [2.24, 2.45) is 5.41 Å². The van der Waals surface area contributed by atoms with Gasteiger partial charge in [-0.15, -0.1) is 5.10 Å². The molecule has 4 aromatic heterocycles. The number of nitrogens with one attached hydrogen (secondary N) is 2. The largest absolute Gasteiger partial charge is 0.492 e. The maximum Gasteiger partial charge on any atom is 0.403 e. The van der Waals surface area contributed by atoms with E-state index < -0.39 is 23.0 Å². The van der Waals surface area contributed by atoms with Gasteiger partial charge in [0.2, 0.25) is 5.91 Å². The van der Waals surface area contributed by atoms with Gasteiger partial charge in [-0.05, 0) is 57.7 Å². The van der Waals surface area contributed by atoms with E-state index in [1.54, 1.807) is 16.9 Å². The Hall–Kier alpha value is -3.83. The van der Waals surface area contributed by atoms with Crippen molar-refractivity contribution in [2.45, 2.75) is 57.7 Å². The van der Waals surface area contributed by atoms with Gasteiger partial charge in [-0.2, -0.15) is 18.3 Å². The predicted octanol–water partition coefficient (Wildman–Crippen LogP) is 4.88. The number of anilines is 1. The lowest BCUT2D eigenvalue weighted by atomic mass is 9.67. The first kappa shape index (κ1) is 25.4. The summed E-state index contributed by atoms with van der Waals surface area (Å²) in [6, 6.07) is 5.90. The quantitative estimate of drug-likeness (QED) is 0.361. The minimum atomic E-state index is -4.52. The van der Waals surface area contributed by atoms with Gasteiger partial charge in [0.25, 0.3) is 0 Å². The SMILES string of the molecule is CCOc1cc(-c2ccc(N3CCC(C)(NC(=O)C4(C(F)(F)F)CCC4)CC3)nc2)c2c3cn[nH]c3nn2c1. The summed E-state index contributed by atoms with van der Waals surface area (Å²) in [5, 5.41) is 15.2. The third kappa shape index (κ3) is 4.25. The molecule has 1 amide bonds. The zero-order chi connectivity index (χ0) is 27.4. The molecule has 6 rings (SSSR count). The molecule has 12 heteroatoms. The van der Waals surface area contributed by atoms with Crippen molar-refractivity contribution in [1.29, 1.82) is 0 Å². The molecule has 1 saturated heterocycles. The summed E-state index contributed by atoms with van der Waals surface area (Å²) in [6.45, 7) is 5.43. The fourth-order valence-corrected chi connectivity index (χ4v) is 5.66. The topological polar surface area (TPSA) is 100 Å². The number of pyridine rings is 2. The first-order valence-electron chi connectivity index (χ1n) is 13.2. The van der Waals surface area contributed by atoms with Crippen LogP contribution in [0.25, 0.3) is 27.7 Å². The van der Waals surface area contributed by atoms with Crippen molar-refractivity contribution in [3.05, 3.63) is 36.8 Å². The van der Waals surface area contributed by atoms with Gasteiger partial charge < -0.3 is 15.0 Å². The lowest BCUT2D eigenvalue weighted by Crippen LogP contribution is -2.61. The predicted molar refractivity (Wildman–Crippen MR) is 140 cm³/mol. The molecule has 0 bridgehead atoms. The molecule has 0 radical (unpaired) electrons. The first-order valence-corrected chi connectivity index (χ1v) is 13.2. The van der Waals surface area contributed by atoms with Crippen molar-refractivity contribution in [2.75, 3.05) is 24.6 Å². The fourth-order valence-electron chi connectivity index (χ4n) is 5.66. The Labute approximate surface area is 222 Å². The van der Waals surface area contributed by atoms with Crippen molar-refractivity contribution >= 4 is 28.3 Å². The summed E-state index contributed by atoms with van der Waals surface area (Å²) in [5.74, 6) is 0.581. The molecule has 2 N–H and O–H groups in total. The average Bonchev–Trinajstić information content (AvgIpc) is 3.44. The average molecular weight is 542 g/mol. The summed E-state index contributed by atoms with van der Waals surface area (Å²) >= 11 is 0. The fraction of sp³-hybridized carbons (Fsp3) is 0.481. The highest BCUT2D eigenvalue weighted by Gasteiger charge is 2.64. The van der Waals surface area contributed by atoms with Crippen LogP contribution in [0, 0.1) is 5.41 Å². The van der Waals surface area contributed by atoms with Crippen LogP contribution in [0.15, 0.2) is 36.8 Å². The van der Waals surface area contributed by atoms with Crippen LogP contribution in [0.2, 0.25) is 0 Å². The van der Waals surface area contributed by atoms with E-state index in [0.717, 1.165) is 27.8 Å². The van der Waals surface area contributed by atoms with Crippen LogP contribution in [0.4, 0.5) is 19.0 Å². The van der Waals surface area contributed by atoms with Crippen LogP contribution in [-0.2, 0) is 4.79 Å². The molecule has 1 aliphatic heterocycles. The number of halogens is 3. The minimum absolute atomic E-state index is 0.133. The molecule has 0 atom stereocenters. The summed E-state index contributed by atoms with van der Waals surface area (Å²) in [5.41, 5.74) is 0.450. The Bertz CT molecular complexity index is 1510. The monoisotopic (exact) mass is 541 g/mol. The van der Waals surface area contributed by atoms with Crippen molar-refractivity contribution in [1.82, 2.24) is 30.1 Å². The maximum absolute atomic E-state index is 13.6. The molecule has 2 aliphatic rings. The second-order valence-corrected chi connectivity index (χ2v) is 10.8. The molecule has 206 valence electrons. The van der Waals surface area contributed by atoms with Gasteiger partial charge in [0, 0.05) is 36.0 Å². The van der Waals surface area contributed by atoms with Gasteiger partial charge in [-0.1, -0.05) is 6.42 Å². The van der Waals surface area contributed by atoms with Crippen LogP contribution in [-0.4, -0.2) is 62.1 Å². The second kappa shape index (κ2) is 9.13. The van der Waals surface area contributed by atoms with E-state index in [1.807, 2.05) is 38.2 Å². The van der Waals surface area contributed by atoms with E-state index in [0.29, 0.717) is 50.4 Å². The van der Waals surface area contributed by atoms with Crippen LogP contribution >= 0.6 is 0 Å². The van der Waals surface area contributed by atoms with Gasteiger partial charge in [0.05, 0.1) is 29.9 Å². The number of nitrogens with zero attached hydrogens (tertiary/aromatic N) is 5. The van der Waals surface area contributed by atoms with Gasteiger partial charge in [0.15, 0.2) is 5.65 Å². The standard InChI is InChI=1S/C27H30F3N7O2/c1-3-39-18-13-19(22-20-15-32-34-23(20)35-37(22)16-18)17-5-6-21(31-14-17)36-11-9-25(2,10-12-36)33-24(38)26(7-4-8-26)27(28,29)30/h5-6,13-16H,3-4,7-12H2,1-2H3,(H,33,38)(H,34,35). The van der Waals surface area contributed by atoms with E-state index in [4.69, 9.17) is 9.72 Å². The molecule has 1 saturated carbocycles. The van der Waals surface area contributed by atoms with Gasteiger partial charge in [0.1, 0.15) is 17.0 Å². The lowest BCUT2D eigenvalue weighted by Gasteiger charge is -2.46. The second-order valence-electron chi connectivity index (χ2n) is 10.8. The molecule has 0 unspecified atom stereocenters. The Morgan fingerprint density at radius 1 is 1.18 bits per heavy atom. The Balaban J connectivity index is 1.19. The van der Waals surface area contributed by atoms with Crippen LogP contribution in [0.3, 0.4) is 0 Å². The third-order valence-electron chi connectivity index (χ3n) is 8.26. The van der Waals surface area contributed by atoms with E-state index in [2.05, 4.69) is 25.5 Å². The molecule has 0 aromatic carbocycles. The maximum atomic E-state index is 13.6. The van der Waals surface area contributed by atoms with Crippen LogP contribution in [0.5, 0.6) is 5.75 Å². The number of H-pyrrole nitrogens is 1. The Kier molecular flexibility index (Phi) is 5.96. The van der Waals surface area contributed by atoms with Crippen LogP contribution < -0.4 is 15.0 Å². The number of aromatic nitrogens is 5. The number of piperidine rings is 1. The molecule has 4 aromatic rings. The van der Waals surface area contributed by atoms with Crippen LogP contribution in [0.1, 0.15) is 46.0 Å². The molecule has 2 fully saturated rings. The minimum Gasteiger partial charge on any atom is -0.492 e. The number of alkyl halides is 3. The number of rotatable bonds is 6. The molecule has 0 spiro atoms. The van der Waals surface area contributed by atoms with E-state index in [1.165, 1.54) is 0 Å². The summed E-state index contributed by atoms with van der Waals surface area (Å²) in [6.07, 6.45) is 2.08. The summed E-state index contributed by atoms with van der Waals surface area (Å²) in [4.78, 5) is 19.5. The summed E-state index contributed by atoms with van der Waals surface area (Å²) < 4.78 is 48.4. The molecular formula is C27H30F3N7O2. The molecule has 9 nitrogen and oxygen atoms in total. The number of amides is 1. The number of fused-ring (bicyclic) bond motifs is 3. The van der Waals surface area contributed by atoms with Crippen molar-refractivity contribution in [3.8, 4) is 16.9 Å². The Morgan fingerprint density at radius 2 is 1.95 bits per heavy atom. The molecular weight excluding hydrogens is 511 g/mol. The van der Waals surface area contributed by atoms with Gasteiger partial charge in [-0.25, -0.2) is 9.50 Å². The van der Waals surface area contributed by atoms with Gasteiger partial charge in [-0.3, -0.25) is 9.89 Å². The van der Waals surface area contributed by atoms with E-state index in [9.17, 15) is 18.0 Å². The smallest absolute Gasteiger partial charge is 0.403 e. The number of hydrogen-bond donors (Lipinski definition) is 2. The van der Waals surface area contributed by atoms with Gasteiger partial charge >= 0.3 is 6.18 Å². The zero-order valence-electron chi connectivity index (χ0n) is 21.8. The number of ether oxygens (including phenoxy) is 1. The number of hydrogen-bond acceptors (Lipinski definition) is 6. The normalized spacial score (nSPS) is 18.7. The molecule has 1 aliphatic carbocycles. The van der Waals surface area contributed by atoms with E-state index >= 15 is 0 Å². The first-order chi connectivity index (χ1) is 18.6. The molecule has 39 heavy (non-hydrogen) atoms. The van der Waals surface area contributed by atoms with Crippen molar-refractivity contribution in [3.63, 3.8) is 0 Å². The van der Waals surface area contributed by atoms with E-state index in [-0.39, 0.29) is 12.8 Å². The third-order valence-corrected chi connectivity index (χ3v) is 8.26. The lowest BCUT2D eigenvalue weighted by molar-refractivity contribution is -0.244. The highest BCUT2D eigenvalue weighted by atomic mass is 19.4. The zero-order valence-corrected chi connectivity index (χ0v) is 21.8. The number of carbonyl (C=O) groups is 1. The molecule has 5 heterocycles. The highest BCUT2D eigenvalue weighted by molar-refractivity contribution is 6.00. The number of aromatic amines is 1. The number of carbonyl (C=O) groups excluding carboxylic acids is 1. The summed E-state index contributed by atoms with van der Waals surface area (Å²) in [7, 11) is 0. The van der Waals surface area contributed by atoms with Crippen molar-refractivity contribution < 1.29 is 22.7 Å².